The summed E-state index contributed by atoms with van der Waals surface area (Å²) < 4.78 is 36.6. The molecule has 0 atom stereocenters. The first-order valence-electron chi connectivity index (χ1n) is 7.87. The van der Waals surface area contributed by atoms with Gasteiger partial charge in [-0.1, -0.05) is 23.2 Å². The van der Waals surface area contributed by atoms with Gasteiger partial charge in [0.1, 0.15) is 0 Å². The molecule has 0 unspecified atom stereocenters. The number of hydrogen-bond donors (Lipinski definition) is 0. The summed E-state index contributed by atoms with van der Waals surface area (Å²) >= 11 is 12.2. The fourth-order valence-corrected chi connectivity index (χ4v) is 3.92. The van der Waals surface area contributed by atoms with Crippen LogP contribution in [0, 0.1) is 0 Å². The predicted molar refractivity (Wildman–Crippen MR) is 99.0 cm³/mol. The average molecular weight is 403 g/mol. The molecular formula is C18H20Cl2O4S. The van der Waals surface area contributed by atoms with Gasteiger partial charge in [-0.05, 0) is 61.4 Å². The minimum absolute atomic E-state index is 0.163. The van der Waals surface area contributed by atoms with Crippen LogP contribution in [0.25, 0.3) is 0 Å². The lowest BCUT2D eigenvalue weighted by Crippen LogP contribution is -2.05. The minimum atomic E-state index is -3.70. The summed E-state index contributed by atoms with van der Waals surface area (Å²) in [5.41, 5.74) is 1.26. The summed E-state index contributed by atoms with van der Waals surface area (Å²) in [6, 6.07) is 9.21. The van der Waals surface area contributed by atoms with E-state index in [-0.39, 0.29) is 23.0 Å². The molecule has 0 N–H and O–H groups in total. The van der Waals surface area contributed by atoms with E-state index in [1.165, 1.54) is 12.1 Å². The Labute approximate surface area is 158 Å². The largest absolute Gasteiger partial charge is 0.377 e. The van der Waals surface area contributed by atoms with Gasteiger partial charge in [-0.15, -0.1) is 0 Å². The molecule has 7 heteroatoms. The Balaban J connectivity index is 2.41. The molecule has 0 spiro atoms. The molecule has 136 valence electrons. The van der Waals surface area contributed by atoms with Gasteiger partial charge in [0.2, 0.25) is 9.84 Å². The zero-order valence-electron chi connectivity index (χ0n) is 14.1. The Hall–Kier alpha value is -1.11. The maximum absolute atomic E-state index is 12.9. The quantitative estimate of drug-likeness (QED) is 0.629. The second-order valence-corrected chi connectivity index (χ2v) is 8.05. The molecule has 2 rings (SSSR count). The van der Waals surface area contributed by atoms with Crippen LogP contribution in [0.2, 0.25) is 10.0 Å². The van der Waals surface area contributed by atoms with Gasteiger partial charge in [-0.25, -0.2) is 8.42 Å². The number of halogens is 2. The first kappa shape index (κ1) is 20.2. The van der Waals surface area contributed by atoms with Crippen molar-refractivity contribution in [1.82, 2.24) is 0 Å². The van der Waals surface area contributed by atoms with E-state index < -0.39 is 9.84 Å². The van der Waals surface area contributed by atoms with Crippen molar-refractivity contribution in [3.05, 3.63) is 57.6 Å². The van der Waals surface area contributed by atoms with Crippen LogP contribution < -0.4 is 0 Å². The molecule has 0 aliphatic carbocycles. The van der Waals surface area contributed by atoms with Gasteiger partial charge in [0, 0.05) is 23.3 Å². The summed E-state index contributed by atoms with van der Waals surface area (Å²) in [6.45, 7) is 5.28. The van der Waals surface area contributed by atoms with Gasteiger partial charge in [0.15, 0.2) is 0 Å². The molecule has 0 amide bonds. The Kier molecular flexibility index (Phi) is 7.28. The van der Waals surface area contributed by atoms with Crippen LogP contribution >= 0.6 is 23.2 Å². The minimum Gasteiger partial charge on any atom is -0.377 e. The third-order valence-corrected chi connectivity index (χ3v) is 6.06. The van der Waals surface area contributed by atoms with Crippen LogP contribution in [-0.4, -0.2) is 21.6 Å². The third kappa shape index (κ3) is 4.96. The van der Waals surface area contributed by atoms with E-state index in [1.54, 1.807) is 24.3 Å². The van der Waals surface area contributed by atoms with Crippen LogP contribution in [0.5, 0.6) is 0 Å². The van der Waals surface area contributed by atoms with Gasteiger partial charge >= 0.3 is 0 Å². The molecule has 25 heavy (non-hydrogen) atoms. The maximum atomic E-state index is 12.9. The second kappa shape index (κ2) is 9.01. The molecular weight excluding hydrogens is 383 g/mol. The van der Waals surface area contributed by atoms with Crippen LogP contribution in [0.1, 0.15) is 25.0 Å². The molecule has 2 aromatic rings. The fourth-order valence-electron chi connectivity index (χ4n) is 2.22. The van der Waals surface area contributed by atoms with Gasteiger partial charge in [-0.2, -0.15) is 0 Å². The van der Waals surface area contributed by atoms with Crippen LogP contribution in [-0.2, 0) is 32.5 Å². The van der Waals surface area contributed by atoms with Crippen molar-refractivity contribution >= 4 is 33.0 Å². The summed E-state index contributed by atoms with van der Waals surface area (Å²) in [5.74, 6) is 0. The van der Waals surface area contributed by atoms with E-state index in [0.717, 1.165) is 0 Å². The van der Waals surface area contributed by atoms with Gasteiger partial charge < -0.3 is 9.47 Å². The average Bonchev–Trinajstić information content (AvgIpc) is 2.60. The van der Waals surface area contributed by atoms with Crippen molar-refractivity contribution in [2.24, 2.45) is 0 Å². The Morgan fingerprint density at radius 3 is 1.56 bits per heavy atom. The zero-order chi connectivity index (χ0) is 18.4. The van der Waals surface area contributed by atoms with Crippen molar-refractivity contribution in [3.8, 4) is 0 Å². The topological polar surface area (TPSA) is 52.6 Å². The van der Waals surface area contributed by atoms with E-state index >= 15 is 0 Å². The highest BCUT2D eigenvalue weighted by Gasteiger charge is 2.20. The Morgan fingerprint density at radius 1 is 0.800 bits per heavy atom. The van der Waals surface area contributed by atoms with Crippen LogP contribution in [0.4, 0.5) is 0 Å². The number of sulfone groups is 1. The lowest BCUT2D eigenvalue weighted by atomic mass is 10.2. The lowest BCUT2D eigenvalue weighted by molar-refractivity contribution is 0.134. The molecule has 4 nitrogen and oxygen atoms in total. The van der Waals surface area contributed by atoms with Gasteiger partial charge in [0.05, 0.1) is 23.0 Å². The monoisotopic (exact) mass is 402 g/mol. The molecule has 0 radical (unpaired) electrons. The number of ether oxygens (including phenoxy) is 2. The summed E-state index contributed by atoms with van der Waals surface area (Å²) in [6.07, 6.45) is 0. The maximum Gasteiger partial charge on any atom is 0.206 e. The first-order valence-corrected chi connectivity index (χ1v) is 10.1. The molecule has 2 aromatic carbocycles. The van der Waals surface area contributed by atoms with Gasteiger partial charge in [0.25, 0.3) is 0 Å². The summed E-state index contributed by atoms with van der Waals surface area (Å²) in [4.78, 5) is 0.326. The second-order valence-electron chi connectivity index (χ2n) is 5.28. The molecule has 0 aliphatic heterocycles. The highest BCUT2D eigenvalue weighted by atomic mass is 35.5. The van der Waals surface area contributed by atoms with Gasteiger partial charge in [-0.3, -0.25) is 0 Å². The van der Waals surface area contributed by atoms with Crippen molar-refractivity contribution in [2.75, 3.05) is 13.2 Å². The highest BCUT2D eigenvalue weighted by Crippen LogP contribution is 2.28. The number of hydrogen-bond acceptors (Lipinski definition) is 4. The van der Waals surface area contributed by atoms with E-state index in [4.69, 9.17) is 32.7 Å². The smallest absolute Gasteiger partial charge is 0.206 e. The standard InChI is InChI=1S/C18H20Cl2O4S/c1-3-23-11-13-9-15(5-7-17(13)19)25(21,22)16-6-8-18(20)14(10-16)12-24-4-2/h5-10H,3-4,11-12H2,1-2H3. The number of rotatable bonds is 8. The fraction of sp³-hybridized carbons (Fsp3) is 0.333. The number of benzene rings is 2. The molecule has 0 saturated heterocycles. The molecule has 0 fully saturated rings. The van der Waals surface area contributed by atoms with Crippen molar-refractivity contribution in [2.45, 2.75) is 36.9 Å². The van der Waals surface area contributed by atoms with Crippen LogP contribution in [0.3, 0.4) is 0 Å². The predicted octanol–water partition coefficient (Wildman–Crippen LogP) is 4.90. The first-order chi connectivity index (χ1) is 11.9. The molecule has 0 aliphatic rings. The summed E-state index contributed by atoms with van der Waals surface area (Å²) in [5, 5.41) is 0.945. The van der Waals surface area contributed by atoms with Crippen molar-refractivity contribution < 1.29 is 17.9 Å². The van der Waals surface area contributed by atoms with E-state index in [0.29, 0.717) is 34.4 Å². The van der Waals surface area contributed by atoms with Crippen molar-refractivity contribution in [1.29, 1.82) is 0 Å². The molecule has 0 heterocycles. The van der Waals surface area contributed by atoms with E-state index in [9.17, 15) is 8.42 Å². The Morgan fingerprint density at radius 2 is 1.20 bits per heavy atom. The molecule has 0 bridgehead atoms. The third-order valence-electron chi connectivity index (χ3n) is 3.58. The Bertz CT molecular complexity index is 771. The zero-order valence-corrected chi connectivity index (χ0v) is 16.4. The van der Waals surface area contributed by atoms with Crippen LogP contribution in [0.15, 0.2) is 46.2 Å². The molecule has 0 saturated carbocycles. The lowest BCUT2D eigenvalue weighted by Gasteiger charge is -2.11. The molecule has 0 aromatic heterocycles. The van der Waals surface area contributed by atoms with Crippen molar-refractivity contribution in [3.63, 3.8) is 0 Å². The SMILES string of the molecule is CCOCc1cc(S(=O)(=O)c2ccc(Cl)c(COCC)c2)ccc1Cl. The van der Waals surface area contributed by atoms with E-state index in [1.807, 2.05) is 13.8 Å². The highest BCUT2D eigenvalue weighted by molar-refractivity contribution is 7.91. The van der Waals surface area contributed by atoms with E-state index in [2.05, 4.69) is 0 Å². The normalized spacial score (nSPS) is 11.7. The summed E-state index contributed by atoms with van der Waals surface area (Å²) in [7, 11) is -3.70.